The molecule has 28 heavy (non-hydrogen) atoms. The number of Topliss-reactive ketones (excluding diaryl/α,β-unsaturated/α-hetero) is 1. The average Bonchev–Trinajstić information content (AvgIpc) is 2.69. The third kappa shape index (κ3) is 4.05. The van der Waals surface area contributed by atoms with Crippen LogP contribution in [-0.2, 0) is 15.1 Å². The van der Waals surface area contributed by atoms with Gasteiger partial charge < -0.3 is 10.1 Å². The van der Waals surface area contributed by atoms with E-state index in [-0.39, 0.29) is 18.2 Å². The number of carbonyl (C=O) groups is 2. The Bertz CT molecular complexity index is 870. The van der Waals surface area contributed by atoms with E-state index >= 15 is 0 Å². The molecule has 0 radical (unpaired) electrons. The van der Waals surface area contributed by atoms with Crippen LogP contribution in [0.15, 0.2) is 48.5 Å². The minimum absolute atomic E-state index is 0.0776. The first-order valence-corrected chi connectivity index (χ1v) is 9.78. The molecular formula is C22H25ClN2O3. The number of carbonyl (C=O) groups excluding carboxylic acids is 2. The average molecular weight is 401 g/mol. The summed E-state index contributed by atoms with van der Waals surface area (Å²) in [6, 6.07) is 14.6. The van der Waals surface area contributed by atoms with E-state index in [0.29, 0.717) is 29.3 Å². The van der Waals surface area contributed by atoms with Gasteiger partial charge in [-0.1, -0.05) is 42.3 Å². The minimum Gasteiger partial charge on any atom is -0.497 e. The molecule has 5 nitrogen and oxygen atoms in total. The molecule has 0 bridgehead atoms. The Morgan fingerprint density at radius 2 is 2.00 bits per heavy atom. The van der Waals surface area contributed by atoms with Crippen LogP contribution >= 0.6 is 11.6 Å². The quantitative estimate of drug-likeness (QED) is 0.787. The summed E-state index contributed by atoms with van der Waals surface area (Å²) in [7, 11) is 3.40. The van der Waals surface area contributed by atoms with E-state index in [2.05, 4.69) is 5.32 Å². The first-order chi connectivity index (χ1) is 13.5. The van der Waals surface area contributed by atoms with Crippen LogP contribution < -0.4 is 10.1 Å². The number of hydrogen-bond donors (Lipinski definition) is 1. The fraction of sp³-hybridized carbons (Fsp3) is 0.364. The standard InChI is InChI=1S/C22H25ClN2O3/c1-25(15-21(27)24-16-8-7-9-17(14-16)28-2)22(13-6-5-12-20(22)26)18-10-3-4-11-19(18)23/h3-4,7-11,14H,5-6,12-13,15H2,1-2H3,(H,24,27). The summed E-state index contributed by atoms with van der Waals surface area (Å²) in [5.74, 6) is 0.588. The number of hydrogen-bond acceptors (Lipinski definition) is 4. The Morgan fingerprint density at radius 1 is 1.21 bits per heavy atom. The van der Waals surface area contributed by atoms with Crippen molar-refractivity contribution >= 4 is 29.0 Å². The third-order valence-electron chi connectivity index (χ3n) is 5.36. The molecule has 1 aliphatic carbocycles. The van der Waals surface area contributed by atoms with Gasteiger partial charge in [0.2, 0.25) is 5.91 Å². The van der Waals surface area contributed by atoms with Gasteiger partial charge in [-0.25, -0.2) is 0 Å². The zero-order chi connectivity index (χ0) is 20.1. The van der Waals surface area contributed by atoms with E-state index in [0.717, 1.165) is 18.4 Å². The number of ether oxygens (including phenoxy) is 1. The van der Waals surface area contributed by atoms with Crippen LogP contribution in [0.1, 0.15) is 31.2 Å². The molecule has 0 aliphatic heterocycles. The van der Waals surface area contributed by atoms with Gasteiger partial charge in [0, 0.05) is 23.2 Å². The van der Waals surface area contributed by atoms with Crippen LogP contribution in [0, 0.1) is 0 Å². The molecule has 1 unspecified atom stereocenters. The van der Waals surface area contributed by atoms with Gasteiger partial charge >= 0.3 is 0 Å². The summed E-state index contributed by atoms with van der Waals surface area (Å²) in [6.07, 6.45) is 2.93. The van der Waals surface area contributed by atoms with E-state index in [4.69, 9.17) is 16.3 Å². The van der Waals surface area contributed by atoms with Crippen molar-refractivity contribution in [3.8, 4) is 5.75 Å². The minimum atomic E-state index is -0.873. The molecule has 1 N–H and O–H groups in total. The predicted molar refractivity (Wildman–Crippen MR) is 111 cm³/mol. The molecule has 0 aromatic heterocycles. The molecule has 0 saturated heterocycles. The van der Waals surface area contributed by atoms with Crippen molar-refractivity contribution in [2.45, 2.75) is 31.2 Å². The van der Waals surface area contributed by atoms with Gasteiger partial charge in [0.25, 0.3) is 0 Å². The number of ketones is 1. The molecular weight excluding hydrogens is 376 g/mol. The van der Waals surface area contributed by atoms with Crippen molar-refractivity contribution in [1.82, 2.24) is 4.90 Å². The lowest BCUT2D eigenvalue weighted by molar-refractivity contribution is -0.135. The molecule has 6 heteroatoms. The SMILES string of the molecule is COc1cccc(NC(=O)CN(C)C2(c3ccccc3Cl)CCCCC2=O)c1. The van der Waals surface area contributed by atoms with E-state index in [9.17, 15) is 9.59 Å². The van der Waals surface area contributed by atoms with E-state index < -0.39 is 5.54 Å². The monoisotopic (exact) mass is 400 g/mol. The molecule has 1 atom stereocenters. The number of anilines is 1. The molecule has 0 spiro atoms. The molecule has 2 aromatic rings. The zero-order valence-electron chi connectivity index (χ0n) is 16.2. The van der Waals surface area contributed by atoms with Crippen LogP contribution in [-0.4, -0.2) is 37.3 Å². The van der Waals surface area contributed by atoms with Crippen molar-refractivity contribution < 1.29 is 14.3 Å². The summed E-state index contributed by atoms with van der Waals surface area (Å²) >= 11 is 6.46. The number of rotatable bonds is 6. The summed E-state index contributed by atoms with van der Waals surface area (Å²) in [5, 5.41) is 3.43. The lowest BCUT2D eigenvalue weighted by Gasteiger charge is -2.43. The highest BCUT2D eigenvalue weighted by Gasteiger charge is 2.46. The van der Waals surface area contributed by atoms with E-state index in [1.54, 1.807) is 25.3 Å². The van der Waals surface area contributed by atoms with Gasteiger partial charge in [0.1, 0.15) is 11.3 Å². The topological polar surface area (TPSA) is 58.6 Å². The highest BCUT2D eigenvalue weighted by atomic mass is 35.5. The van der Waals surface area contributed by atoms with E-state index in [1.807, 2.05) is 42.3 Å². The Labute approximate surface area is 170 Å². The van der Waals surface area contributed by atoms with E-state index in [1.165, 1.54) is 0 Å². The molecule has 1 saturated carbocycles. The first kappa shape index (κ1) is 20.4. The number of methoxy groups -OCH3 is 1. The Morgan fingerprint density at radius 3 is 2.71 bits per heavy atom. The second kappa shape index (κ2) is 8.76. The number of amides is 1. The second-order valence-corrected chi connectivity index (χ2v) is 7.51. The summed E-state index contributed by atoms with van der Waals surface area (Å²) < 4.78 is 5.19. The molecule has 148 valence electrons. The van der Waals surface area contributed by atoms with Crippen LogP contribution in [0.3, 0.4) is 0 Å². The van der Waals surface area contributed by atoms with Crippen LogP contribution in [0.4, 0.5) is 5.69 Å². The molecule has 3 rings (SSSR count). The number of benzene rings is 2. The van der Waals surface area contributed by atoms with Crippen LogP contribution in [0.2, 0.25) is 5.02 Å². The van der Waals surface area contributed by atoms with Gasteiger partial charge in [-0.2, -0.15) is 0 Å². The molecule has 1 amide bonds. The van der Waals surface area contributed by atoms with Crippen molar-refractivity contribution in [2.24, 2.45) is 0 Å². The molecule has 0 heterocycles. The van der Waals surface area contributed by atoms with Crippen LogP contribution in [0.5, 0.6) is 5.75 Å². The van der Waals surface area contributed by atoms with Crippen molar-refractivity contribution in [3.05, 3.63) is 59.1 Å². The smallest absolute Gasteiger partial charge is 0.238 e. The highest BCUT2D eigenvalue weighted by molar-refractivity contribution is 6.31. The Hall–Kier alpha value is -2.37. The lowest BCUT2D eigenvalue weighted by Crippen LogP contribution is -2.54. The molecule has 1 fully saturated rings. The normalized spacial score (nSPS) is 19.5. The zero-order valence-corrected chi connectivity index (χ0v) is 17.0. The van der Waals surface area contributed by atoms with Crippen LogP contribution in [0.25, 0.3) is 0 Å². The lowest BCUT2D eigenvalue weighted by atomic mass is 9.74. The fourth-order valence-electron chi connectivity index (χ4n) is 3.96. The second-order valence-electron chi connectivity index (χ2n) is 7.11. The molecule has 2 aromatic carbocycles. The first-order valence-electron chi connectivity index (χ1n) is 9.41. The summed E-state index contributed by atoms with van der Waals surface area (Å²) in [4.78, 5) is 27.6. The van der Waals surface area contributed by atoms with Gasteiger partial charge in [-0.05, 0) is 43.7 Å². The summed E-state index contributed by atoms with van der Waals surface area (Å²) in [5.41, 5.74) is 0.556. The molecule has 1 aliphatic rings. The number of halogens is 1. The van der Waals surface area contributed by atoms with Crippen molar-refractivity contribution in [3.63, 3.8) is 0 Å². The Balaban J connectivity index is 1.84. The van der Waals surface area contributed by atoms with Gasteiger partial charge in [0.05, 0.1) is 13.7 Å². The largest absolute Gasteiger partial charge is 0.497 e. The maximum Gasteiger partial charge on any atom is 0.238 e. The summed E-state index contributed by atoms with van der Waals surface area (Å²) in [6.45, 7) is 0.0776. The Kier molecular flexibility index (Phi) is 6.37. The third-order valence-corrected chi connectivity index (χ3v) is 5.69. The number of likely N-dealkylation sites (N-methyl/N-ethyl adjacent to an activating group) is 1. The maximum atomic E-state index is 13.1. The maximum absolute atomic E-state index is 13.1. The number of nitrogens with zero attached hydrogens (tertiary/aromatic N) is 1. The van der Waals surface area contributed by atoms with Crippen molar-refractivity contribution in [2.75, 3.05) is 26.0 Å². The van der Waals surface area contributed by atoms with Gasteiger partial charge in [-0.3, -0.25) is 14.5 Å². The fourth-order valence-corrected chi connectivity index (χ4v) is 4.25. The van der Waals surface area contributed by atoms with Gasteiger partial charge in [-0.15, -0.1) is 0 Å². The predicted octanol–water partition coefficient (Wildman–Crippen LogP) is 4.26. The highest BCUT2D eigenvalue weighted by Crippen LogP contribution is 2.42. The van der Waals surface area contributed by atoms with Crippen molar-refractivity contribution in [1.29, 1.82) is 0 Å². The van der Waals surface area contributed by atoms with Gasteiger partial charge in [0.15, 0.2) is 5.78 Å². The number of nitrogens with one attached hydrogen (secondary N) is 1.